The quantitative estimate of drug-likeness (QED) is 0.200. The third kappa shape index (κ3) is 4.96. The van der Waals surface area contributed by atoms with Crippen LogP contribution in [0.3, 0.4) is 0 Å². The van der Waals surface area contributed by atoms with Crippen molar-refractivity contribution in [2.75, 3.05) is 0 Å². The number of pyridine rings is 1. The Morgan fingerprint density at radius 2 is 1.91 bits per heavy atom. The number of aromatic nitrogens is 3. The molecular weight excluding hydrogens is 490 g/mol. The van der Waals surface area contributed by atoms with Gasteiger partial charge in [-0.05, 0) is 48.0 Å². The molecule has 2 aromatic heterocycles. The predicted molar refractivity (Wildman–Crippen MR) is 128 cm³/mol. The molecule has 2 aromatic carbocycles. The summed E-state index contributed by atoms with van der Waals surface area (Å²) >= 11 is 3.39. The molecule has 2 heterocycles. The van der Waals surface area contributed by atoms with Crippen LogP contribution in [-0.2, 0) is 0 Å². The van der Waals surface area contributed by atoms with Crippen LogP contribution in [-0.4, -0.2) is 25.8 Å². The van der Waals surface area contributed by atoms with E-state index in [1.165, 1.54) is 16.8 Å². The molecule has 0 spiro atoms. The first kappa shape index (κ1) is 22.3. The lowest BCUT2D eigenvalue weighted by molar-refractivity contribution is -0.385. The van der Waals surface area contributed by atoms with Crippen molar-refractivity contribution in [3.8, 4) is 11.6 Å². The Morgan fingerprint density at radius 1 is 1.15 bits per heavy atom. The molecule has 0 amide bonds. The van der Waals surface area contributed by atoms with Gasteiger partial charge in [-0.15, -0.1) is 0 Å². The van der Waals surface area contributed by atoms with Gasteiger partial charge in [-0.1, -0.05) is 29.8 Å². The van der Waals surface area contributed by atoms with Gasteiger partial charge in [-0.2, -0.15) is 9.78 Å². The highest BCUT2D eigenvalue weighted by Gasteiger charge is 2.13. The Labute approximate surface area is 196 Å². The van der Waals surface area contributed by atoms with Gasteiger partial charge in [-0.3, -0.25) is 14.9 Å². The van der Waals surface area contributed by atoms with Crippen LogP contribution in [0.1, 0.15) is 31.2 Å². The zero-order valence-electron chi connectivity index (χ0n) is 17.7. The third-order valence-corrected chi connectivity index (χ3v) is 5.20. The van der Waals surface area contributed by atoms with E-state index in [0.717, 1.165) is 16.2 Å². The highest BCUT2D eigenvalue weighted by molar-refractivity contribution is 9.10. The number of rotatable bonds is 6. The van der Waals surface area contributed by atoms with Gasteiger partial charge in [0.1, 0.15) is 17.8 Å². The predicted octanol–water partition coefficient (Wildman–Crippen LogP) is 5.26. The lowest BCUT2D eigenvalue weighted by Crippen LogP contribution is -2.23. The standard InChI is InChI=1S/C23H18BrN5O4/c1-14(2)22-27-20-9-5-16(24)11-19(20)23(30)28(22)26-12-15-3-7-18(8-4-15)33-21-10-6-17(13-25-21)29(31)32/h3-14H,1-2H3. The monoisotopic (exact) mass is 507 g/mol. The average molecular weight is 508 g/mol. The summed E-state index contributed by atoms with van der Waals surface area (Å²) in [6, 6.07) is 15.1. The molecule has 0 N–H and O–H groups in total. The summed E-state index contributed by atoms with van der Waals surface area (Å²) < 4.78 is 7.73. The number of hydrogen-bond donors (Lipinski definition) is 0. The van der Waals surface area contributed by atoms with Crippen LogP contribution in [0.25, 0.3) is 10.9 Å². The van der Waals surface area contributed by atoms with Crippen molar-refractivity contribution < 1.29 is 9.66 Å². The fourth-order valence-corrected chi connectivity index (χ4v) is 3.42. The van der Waals surface area contributed by atoms with E-state index in [-0.39, 0.29) is 23.0 Å². The van der Waals surface area contributed by atoms with Gasteiger partial charge in [0.2, 0.25) is 5.88 Å². The number of benzene rings is 2. The molecule has 33 heavy (non-hydrogen) atoms. The Morgan fingerprint density at radius 3 is 2.55 bits per heavy atom. The summed E-state index contributed by atoms with van der Waals surface area (Å²) in [5, 5.41) is 15.6. The van der Waals surface area contributed by atoms with Crippen LogP contribution in [0.5, 0.6) is 11.6 Å². The molecule has 0 atom stereocenters. The highest BCUT2D eigenvalue weighted by Crippen LogP contribution is 2.22. The summed E-state index contributed by atoms with van der Waals surface area (Å²) in [4.78, 5) is 31.8. The van der Waals surface area contributed by atoms with E-state index in [1.807, 2.05) is 19.9 Å². The van der Waals surface area contributed by atoms with Crippen molar-refractivity contribution in [2.45, 2.75) is 19.8 Å². The molecule has 9 nitrogen and oxygen atoms in total. The summed E-state index contributed by atoms with van der Waals surface area (Å²) in [5.74, 6) is 1.30. The van der Waals surface area contributed by atoms with Crippen LogP contribution in [0, 0.1) is 10.1 Å². The molecule has 0 radical (unpaired) electrons. The smallest absolute Gasteiger partial charge is 0.287 e. The van der Waals surface area contributed by atoms with Crippen molar-refractivity contribution in [3.05, 3.63) is 97.1 Å². The number of nitro groups is 1. The van der Waals surface area contributed by atoms with Crippen molar-refractivity contribution in [3.63, 3.8) is 0 Å². The van der Waals surface area contributed by atoms with Crippen molar-refractivity contribution in [1.82, 2.24) is 14.6 Å². The first-order valence-corrected chi connectivity index (χ1v) is 10.8. The molecule has 4 rings (SSSR count). The van der Waals surface area contributed by atoms with Crippen molar-refractivity contribution in [1.29, 1.82) is 0 Å². The summed E-state index contributed by atoms with van der Waals surface area (Å²) in [5.41, 5.74) is 1.01. The molecular formula is C23H18BrN5O4. The van der Waals surface area contributed by atoms with E-state index in [2.05, 4.69) is 31.0 Å². The van der Waals surface area contributed by atoms with E-state index in [4.69, 9.17) is 4.74 Å². The molecule has 0 unspecified atom stereocenters. The molecule has 10 heteroatoms. The Bertz CT molecular complexity index is 1410. The fourth-order valence-electron chi connectivity index (χ4n) is 3.06. The molecule has 0 aliphatic carbocycles. The molecule has 0 saturated carbocycles. The van der Waals surface area contributed by atoms with E-state index < -0.39 is 4.92 Å². The zero-order chi connectivity index (χ0) is 23.5. The molecule has 166 valence electrons. The van der Waals surface area contributed by atoms with Gasteiger partial charge in [0, 0.05) is 22.5 Å². The summed E-state index contributed by atoms with van der Waals surface area (Å²) in [6.07, 6.45) is 2.71. The van der Waals surface area contributed by atoms with Gasteiger partial charge in [0.15, 0.2) is 0 Å². The van der Waals surface area contributed by atoms with Crippen LogP contribution in [0.4, 0.5) is 5.69 Å². The van der Waals surface area contributed by atoms with E-state index in [1.54, 1.807) is 42.6 Å². The van der Waals surface area contributed by atoms with Gasteiger partial charge in [-0.25, -0.2) is 9.97 Å². The minimum Gasteiger partial charge on any atom is -0.439 e. The Kier molecular flexibility index (Phi) is 6.27. The maximum Gasteiger partial charge on any atom is 0.287 e. The molecule has 0 aliphatic rings. The second-order valence-corrected chi connectivity index (χ2v) is 8.35. The Hall–Kier alpha value is -3.92. The highest BCUT2D eigenvalue weighted by atomic mass is 79.9. The number of nitrogens with zero attached hydrogens (tertiary/aromatic N) is 5. The fraction of sp³-hybridized carbons (Fsp3) is 0.130. The first-order chi connectivity index (χ1) is 15.8. The molecule has 0 aliphatic heterocycles. The van der Waals surface area contributed by atoms with Crippen LogP contribution in [0.15, 0.2) is 75.2 Å². The summed E-state index contributed by atoms with van der Waals surface area (Å²) in [7, 11) is 0. The minimum absolute atomic E-state index is 0.00660. The first-order valence-electron chi connectivity index (χ1n) is 9.97. The lowest BCUT2D eigenvalue weighted by Gasteiger charge is -2.12. The maximum absolute atomic E-state index is 13.1. The lowest BCUT2D eigenvalue weighted by atomic mass is 10.2. The third-order valence-electron chi connectivity index (χ3n) is 4.71. The average Bonchev–Trinajstić information content (AvgIpc) is 2.80. The van der Waals surface area contributed by atoms with Gasteiger partial charge in [0.05, 0.1) is 22.0 Å². The topological polar surface area (TPSA) is 113 Å². The number of halogens is 1. The van der Waals surface area contributed by atoms with E-state index >= 15 is 0 Å². The second-order valence-electron chi connectivity index (χ2n) is 7.43. The van der Waals surface area contributed by atoms with Gasteiger partial charge >= 0.3 is 0 Å². The van der Waals surface area contributed by atoms with Crippen molar-refractivity contribution in [2.24, 2.45) is 5.10 Å². The van der Waals surface area contributed by atoms with E-state index in [0.29, 0.717) is 22.5 Å². The normalized spacial score (nSPS) is 11.4. The molecule has 4 aromatic rings. The number of fused-ring (bicyclic) bond motifs is 1. The Balaban J connectivity index is 1.59. The molecule has 0 fully saturated rings. The number of ether oxygens (including phenoxy) is 1. The minimum atomic E-state index is -0.523. The van der Waals surface area contributed by atoms with Gasteiger partial charge < -0.3 is 4.74 Å². The maximum atomic E-state index is 13.1. The van der Waals surface area contributed by atoms with Crippen LogP contribution >= 0.6 is 15.9 Å². The second kappa shape index (κ2) is 9.29. The van der Waals surface area contributed by atoms with Crippen LogP contribution in [0.2, 0.25) is 0 Å². The van der Waals surface area contributed by atoms with Crippen LogP contribution < -0.4 is 10.3 Å². The SMILES string of the molecule is CC(C)c1nc2ccc(Br)cc2c(=O)n1N=Cc1ccc(Oc2ccc([N+](=O)[O-])cn2)cc1. The molecule has 0 bridgehead atoms. The largest absolute Gasteiger partial charge is 0.439 e. The molecule has 0 saturated heterocycles. The number of hydrogen-bond acceptors (Lipinski definition) is 7. The van der Waals surface area contributed by atoms with Crippen molar-refractivity contribution >= 4 is 38.7 Å². The van der Waals surface area contributed by atoms with Gasteiger partial charge in [0.25, 0.3) is 11.2 Å². The zero-order valence-corrected chi connectivity index (χ0v) is 19.3. The summed E-state index contributed by atoms with van der Waals surface area (Å²) in [6.45, 7) is 3.91. The van der Waals surface area contributed by atoms with E-state index in [9.17, 15) is 14.9 Å².